The Morgan fingerprint density at radius 2 is 1.61 bits per heavy atom. The molecule has 4 aromatic rings. The summed E-state index contributed by atoms with van der Waals surface area (Å²) < 4.78 is 2.47. The minimum Gasteiger partial charge on any atom is -0.507 e. The zero-order chi connectivity index (χ0) is 37.5. The Hall–Kier alpha value is -4.75. The van der Waals surface area contributed by atoms with Crippen molar-refractivity contribution in [2.75, 3.05) is 30.3 Å². The van der Waals surface area contributed by atoms with Gasteiger partial charge in [-0.25, -0.2) is 0 Å². The van der Waals surface area contributed by atoms with Crippen LogP contribution in [0.3, 0.4) is 0 Å². The van der Waals surface area contributed by atoms with Gasteiger partial charge in [-0.1, -0.05) is 71.9 Å². The second-order valence-corrected chi connectivity index (χ2v) is 13.0. The van der Waals surface area contributed by atoms with Crippen LogP contribution in [-0.4, -0.2) is 45.2 Å². The van der Waals surface area contributed by atoms with E-state index in [4.69, 9.17) is 0 Å². The molecule has 4 N–H and O–H groups in total. The van der Waals surface area contributed by atoms with Gasteiger partial charge in [-0.15, -0.1) is 0 Å². The van der Waals surface area contributed by atoms with E-state index in [1.807, 2.05) is 32.9 Å². The second kappa shape index (κ2) is 20.2. The lowest BCUT2D eigenvalue weighted by Crippen LogP contribution is -2.28. The molecule has 0 radical (unpaired) electrons. The molecule has 3 aromatic carbocycles. The van der Waals surface area contributed by atoms with E-state index in [0.717, 1.165) is 43.3 Å². The molecule has 0 aliphatic rings. The van der Waals surface area contributed by atoms with Gasteiger partial charge in [-0.2, -0.15) is 0 Å². The number of aromatic hydroxyl groups is 2. The number of hydrogen-bond acceptors (Lipinski definition) is 5. The highest BCUT2D eigenvalue weighted by Crippen LogP contribution is 2.37. The molecule has 1 unspecified atom stereocenters. The third-order valence-corrected chi connectivity index (χ3v) is 9.39. The van der Waals surface area contributed by atoms with E-state index >= 15 is 0 Å². The van der Waals surface area contributed by atoms with Crippen molar-refractivity contribution in [1.29, 1.82) is 0 Å². The number of carbonyl (C=O) groups is 1. The number of carbonyl (C=O) groups excluding carboxylic acids is 1. The lowest BCUT2D eigenvalue weighted by Gasteiger charge is -2.23. The molecular formula is C44H60N4O3. The molecule has 0 bridgehead atoms. The van der Waals surface area contributed by atoms with Crippen molar-refractivity contribution >= 4 is 39.4 Å². The average molecular weight is 693 g/mol. The van der Waals surface area contributed by atoms with Crippen LogP contribution in [0.1, 0.15) is 94.4 Å². The maximum Gasteiger partial charge on any atom is 0.255 e. The van der Waals surface area contributed by atoms with Gasteiger partial charge in [0.15, 0.2) is 0 Å². The van der Waals surface area contributed by atoms with Gasteiger partial charge in [0, 0.05) is 57.9 Å². The number of fused-ring (bicyclic) bond motifs is 1. The number of anilines is 3. The number of hydrogen-bond donors (Lipinski definition) is 4. The molecule has 274 valence electrons. The monoisotopic (exact) mass is 692 g/mol. The van der Waals surface area contributed by atoms with Crippen LogP contribution >= 0.6 is 0 Å². The number of phenols is 2. The van der Waals surface area contributed by atoms with Gasteiger partial charge in [0.25, 0.3) is 5.91 Å². The standard InChI is InChI=1S/C42H54N4O3.C2H6/c1-8-13-32(14-9-2)41-39(47)27-36(28-40(41)48)44-42(49)33-15-17-34(18-16-33)43-35-19-20-38-37(26-35)30(6)31(7)46(38)24-12-23-45(22-10-3)25-21-29(5)11-4;1-2/h8-9,13-20,26-29,43,47-48H,1,10-12,21-25H2,2-7H3,(H,44,49);1-2H3/b14-9-,32-13+;. The highest BCUT2D eigenvalue weighted by atomic mass is 16.3. The number of benzene rings is 3. The van der Waals surface area contributed by atoms with Crippen LogP contribution in [0.4, 0.5) is 17.1 Å². The number of rotatable bonds is 17. The molecule has 1 heterocycles. The number of nitrogens with zero attached hydrogens (tertiary/aromatic N) is 2. The summed E-state index contributed by atoms with van der Waals surface area (Å²) in [5, 5.41) is 28.8. The first kappa shape index (κ1) is 40.7. The number of aryl methyl sites for hydroxylation is 2. The molecule has 1 amide bonds. The summed E-state index contributed by atoms with van der Waals surface area (Å²) in [6.07, 6.45) is 11.7. The summed E-state index contributed by atoms with van der Waals surface area (Å²) in [7, 11) is 0. The fourth-order valence-electron chi connectivity index (χ4n) is 6.31. The van der Waals surface area contributed by atoms with Crippen LogP contribution in [-0.2, 0) is 6.54 Å². The number of aromatic nitrogens is 1. The van der Waals surface area contributed by atoms with E-state index in [1.54, 1.807) is 36.4 Å². The predicted molar refractivity (Wildman–Crippen MR) is 219 cm³/mol. The van der Waals surface area contributed by atoms with Gasteiger partial charge < -0.3 is 30.3 Å². The van der Waals surface area contributed by atoms with E-state index in [9.17, 15) is 15.0 Å². The largest absolute Gasteiger partial charge is 0.507 e. The van der Waals surface area contributed by atoms with Gasteiger partial charge in [-0.05, 0) is 119 Å². The van der Waals surface area contributed by atoms with Crippen LogP contribution in [0.25, 0.3) is 16.5 Å². The van der Waals surface area contributed by atoms with Crippen molar-refractivity contribution < 1.29 is 15.0 Å². The van der Waals surface area contributed by atoms with Crippen molar-refractivity contribution in [2.45, 2.75) is 87.6 Å². The second-order valence-electron chi connectivity index (χ2n) is 13.0. The Bertz CT molecular complexity index is 1780. The normalized spacial score (nSPS) is 12.2. The van der Waals surface area contributed by atoms with Crippen molar-refractivity contribution in [1.82, 2.24) is 9.47 Å². The third kappa shape index (κ3) is 10.9. The summed E-state index contributed by atoms with van der Waals surface area (Å²) in [5.41, 5.74) is 7.33. The Labute approximate surface area is 306 Å². The Balaban J connectivity index is 0.00000345. The van der Waals surface area contributed by atoms with Gasteiger partial charge >= 0.3 is 0 Å². The molecule has 7 heteroatoms. The lowest BCUT2D eigenvalue weighted by atomic mass is 10.0. The van der Waals surface area contributed by atoms with Gasteiger partial charge in [0.2, 0.25) is 0 Å². The van der Waals surface area contributed by atoms with E-state index in [-0.39, 0.29) is 28.7 Å². The third-order valence-electron chi connectivity index (χ3n) is 9.39. The Kier molecular flexibility index (Phi) is 16.1. The molecule has 4 rings (SSSR count). The predicted octanol–water partition coefficient (Wildman–Crippen LogP) is 11.4. The van der Waals surface area contributed by atoms with Gasteiger partial charge in [0.05, 0.1) is 5.56 Å². The fourth-order valence-corrected chi connectivity index (χ4v) is 6.31. The fraction of sp³-hybridized carbons (Fsp3) is 0.386. The van der Waals surface area contributed by atoms with Crippen LogP contribution < -0.4 is 10.6 Å². The van der Waals surface area contributed by atoms with Crippen molar-refractivity contribution in [3.05, 3.63) is 108 Å². The lowest BCUT2D eigenvalue weighted by molar-refractivity contribution is 0.102. The van der Waals surface area contributed by atoms with Crippen molar-refractivity contribution in [3.8, 4) is 11.5 Å². The minimum atomic E-state index is -0.351. The summed E-state index contributed by atoms with van der Waals surface area (Å²) in [5.74, 6) is 0.132. The molecule has 7 nitrogen and oxygen atoms in total. The van der Waals surface area contributed by atoms with E-state index in [1.165, 1.54) is 60.1 Å². The first-order valence-corrected chi connectivity index (χ1v) is 18.6. The zero-order valence-electron chi connectivity index (χ0n) is 32.1. The summed E-state index contributed by atoms with van der Waals surface area (Å²) in [6.45, 7) is 25.3. The maximum absolute atomic E-state index is 13.0. The summed E-state index contributed by atoms with van der Waals surface area (Å²) >= 11 is 0. The first-order chi connectivity index (χ1) is 24.6. The molecule has 0 saturated heterocycles. The van der Waals surface area contributed by atoms with E-state index in [2.05, 4.69) is 79.5 Å². The number of amides is 1. The molecule has 0 aliphatic heterocycles. The molecule has 1 aromatic heterocycles. The van der Waals surface area contributed by atoms with Crippen LogP contribution in [0.5, 0.6) is 11.5 Å². The van der Waals surface area contributed by atoms with E-state index < -0.39 is 0 Å². The van der Waals surface area contributed by atoms with Crippen LogP contribution in [0.2, 0.25) is 0 Å². The molecular weight excluding hydrogens is 633 g/mol. The SMILES string of the molecule is C=C/C=C(\C=C/C)c1c(O)cc(NC(=O)c2ccc(Nc3ccc4c(c3)c(C)c(C)n4CCCN(CCC)CCC(C)CC)cc2)cc1O.CC. The number of phenolic OH excluding ortho intramolecular Hbond substituents is 2. The molecule has 0 aliphatic carbocycles. The highest BCUT2D eigenvalue weighted by Gasteiger charge is 2.16. The molecule has 1 atom stereocenters. The van der Waals surface area contributed by atoms with Crippen LogP contribution in [0.15, 0.2) is 85.5 Å². The average Bonchev–Trinajstić information content (AvgIpc) is 3.35. The molecule has 0 fully saturated rings. The van der Waals surface area contributed by atoms with Crippen molar-refractivity contribution in [2.24, 2.45) is 5.92 Å². The molecule has 0 saturated carbocycles. The van der Waals surface area contributed by atoms with E-state index in [0.29, 0.717) is 11.1 Å². The number of nitrogens with one attached hydrogen (secondary N) is 2. The first-order valence-electron chi connectivity index (χ1n) is 18.6. The van der Waals surface area contributed by atoms with Gasteiger partial charge in [-0.3, -0.25) is 4.79 Å². The molecule has 51 heavy (non-hydrogen) atoms. The van der Waals surface area contributed by atoms with Gasteiger partial charge in [0.1, 0.15) is 11.5 Å². The topological polar surface area (TPSA) is 89.8 Å². The smallest absolute Gasteiger partial charge is 0.255 e. The highest BCUT2D eigenvalue weighted by molar-refractivity contribution is 6.05. The summed E-state index contributed by atoms with van der Waals surface area (Å²) in [4.78, 5) is 15.7. The minimum absolute atomic E-state index is 0.148. The van der Waals surface area contributed by atoms with Crippen molar-refractivity contribution in [3.63, 3.8) is 0 Å². The Morgan fingerprint density at radius 3 is 2.22 bits per heavy atom. The number of allylic oxidation sites excluding steroid dienone is 5. The van der Waals surface area contributed by atoms with Crippen LogP contribution in [0, 0.1) is 19.8 Å². The summed E-state index contributed by atoms with van der Waals surface area (Å²) in [6, 6.07) is 16.6. The maximum atomic E-state index is 13.0. The Morgan fingerprint density at radius 1 is 0.941 bits per heavy atom. The zero-order valence-corrected chi connectivity index (χ0v) is 32.1. The quantitative estimate of drug-likeness (QED) is 0.0827. The molecule has 0 spiro atoms.